The molecule has 178 valence electrons. The molecule has 0 radical (unpaired) electrons. The van der Waals surface area contributed by atoms with Crippen molar-refractivity contribution in [3.05, 3.63) is 35.5 Å². The average molecular weight is 486 g/mol. The number of hydrogen-bond donors (Lipinski definition) is 3. The van der Waals surface area contributed by atoms with E-state index in [1.54, 1.807) is 18.2 Å². The highest BCUT2D eigenvalue weighted by atomic mass is 32.2. The van der Waals surface area contributed by atoms with Gasteiger partial charge < -0.3 is 20.7 Å². The molecule has 1 atom stereocenters. The number of fused-ring (bicyclic) bond motifs is 1. The molecule has 1 aromatic heterocycles. The fourth-order valence-electron chi connectivity index (χ4n) is 3.55. The van der Waals surface area contributed by atoms with E-state index in [1.807, 2.05) is 0 Å². The van der Waals surface area contributed by atoms with Crippen LogP contribution in [0, 0.1) is 0 Å². The first kappa shape index (κ1) is 23.2. The van der Waals surface area contributed by atoms with Gasteiger partial charge in [-0.05, 0) is 23.8 Å². The van der Waals surface area contributed by atoms with Crippen LogP contribution in [0.25, 0.3) is 0 Å². The largest absolute Gasteiger partial charge is 0.421 e. The summed E-state index contributed by atoms with van der Waals surface area (Å²) in [5.74, 6) is -0.679. The maximum atomic E-state index is 13.5. The molecule has 2 aromatic rings. The zero-order chi connectivity index (χ0) is 23.8. The molecule has 4 rings (SSSR count). The Balaban J connectivity index is 1.51. The molecule has 14 heteroatoms. The second-order valence-corrected chi connectivity index (χ2v) is 9.65. The minimum absolute atomic E-state index is 0.0191. The van der Waals surface area contributed by atoms with Gasteiger partial charge in [-0.15, -0.1) is 0 Å². The van der Waals surface area contributed by atoms with Crippen LogP contribution in [-0.4, -0.2) is 67.2 Å². The molecular formula is C19H21F3N6O4S. The van der Waals surface area contributed by atoms with Crippen LogP contribution < -0.4 is 16.0 Å². The lowest BCUT2D eigenvalue weighted by Crippen LogP contribution is -2.47. The Kier molecular flexibility index (Phi) is 6.16. The van der Waals surface area contributed by atoms with E-state index in [2.05, 4.69) is 25.9 Å². The van der Waals surface area contributed by atoms with Crippen molar-refractivity contribution in [2.24, 2.45) is 0 Å². The Morgan fingerprint density at radius 2 is 2.12 bits per heavy atom. The predicted molar refractivity (Wildman–Crippen MR) is 114 cm³/mol. The lowest BCUT2D eigenvalue weighted by molar-refractivity contribution is -0.137. The van der Waals surface area contributed by atoms with E-state index in [0.29, 0.717) is 17.6 Å². The molecule has 0 bridgehead atoms. The van der Waals surface area contributed by atoms with Gasteiger partial charge in [0.25, 0.3) is 0 Å². The van der Waals surface area contributed by atoms with Crippen molar-refractivity contribution in [2.75, 3.05) is 48.4 Å². The summed E-state index contributed by atoms with van der Waals surface area (Å²) in [6.07, 6.45) is -3.41. The number of nitrogens with zero attached hydrogens (tertiary/aromatic N) is 3. The Morgan fingerprint density at radius 3 is 2.85 bits per heavy atom. The maximum Gasteiger partial charge on any atom is 0.421 e. The number of carbonyl (C=O) groups is 1. The van der Waals surface area contributed by atoms with Crippen LogP contribution in [-0.2, 0) is 32.2 Å². The summed E-state index contributed by atoms with van der Waals surface area (Å²) in [5.41, 5.74) is 0.875. The number of rotatable bonds is 6. The Labute approximate surface area is 187 Å². The molecule has 2 aliphatic heterocycles. The van der Waals surface area contributed by atoms with Gasteiger partial charge in [-0.1, -0.05) is 0 Å². The van der Waals surface area contributed by atoms with Gasteiger partial charge >= 0.3 is 6.18 Å². The first-order valence-electron chi connectivity index (χ1n) is 9.93. The third-order valence-electron chi connectivity index (χ3n) is 5.15. The van der Waals surface area contributed by atoms with E-state index in [1.165, 1.54) is 4.31 Å². The van der Waals surface area contributed by atoms with Crippen LogP contribution >= 0.6 is 0 Å². The van der Waals surface area contributed by atoms with Crippen molar-refractivity contribution >= 4 is 39.1 Å². The van der Waals surface area contributed by atoms with Gasteiger partial charge in [-0.25, -0.2) is 13.4 Å². The average Bonchev–Trinajstić information content (AvgIpc) is 3.10. The smallest absolute Gasteiger partial charge is 0.374 e. The summed E-state index contributed by atoms with van der Waals surface area (Å²) in [4.78, 5) is 19.2. The summed E-state index contributed by atoms with van der Waals surface area (Å²) >= 11 is 0. The Bertz CT molecular complexity index is 1170. The summed E-state index contributed by atoms with van der Waals surface area (Å²) in [7, 11) is -3.44. The molecular weight excluding hydrogens is 465 g/mol. The van der Waals surface area contributed by atoms with Crippen molar-refractivity contribution < 1.29 is 31.1 Å². The molecule has 1 saturated heterocycles. The number of benzene rings is 1. The van der Waals surface area contributed by atoms with Crippen molar-refractivity contribution in [1.29, 1.82) is 0 Å². The summed E-state index contributed by atoms with van der Waals surface area (Å²) in [6, 6.07) is 5.02. The van der Waals surface area contributed by atoms with Crippen LogP contribution in [0.1, 0.15) is 11.1 Å². The third kappa shape index (κ3) is 5.51. The quantitative estimate of drug-likeness (QED) is 0.565. The van der Waals surface area contributed by atoms with E-state index in [4.69, 9.17) is 4.74 Å². The SMILES string of the molecule is CS(=O)(=O)N1CCO[C@H](CNc2nc(Nc3ccc4c(c3)CC(=O)N4)ncc2C(F)(F)F)C1. The molecule has 1 amide bonds. The molecule has 1 aromatic carbocycles. The predicted octanol–water partition coefficient (Wildman–Crippen LogP) is 1.81. The second kappa shape index (κ2) is 8.76. The Morgan fingerprint density at radius 1 is 1.33 bits per heavy atom. The minimum Gasteiger partial charge on any atom is -0.374 e. The van der Waals surface area contributed by atoms with E-state index in [0.717, 1.165) is 11.8 Å². The van der Waals surface area contributed by atoms with Gasteiger partial charge in [0, 0.05) is 37.2 Å². The Hall–Kier alpha value is -2.97. The van der Waals surface area contributed by atoms with Gasteiger partial charge in [0.05, 0.1) is 25.4 Å². The van der Waals surface area contributed by atoms with Gasteiger partial charge in [0.15, 0.2) is 0 Å². The number of ether oxygens (including phenoxy) is 1. The van der Waals surface area contributed by atoms with E-state index in [9.17, 15) is 26.4 Å². The third-order valence-corrected chi connectivity index (χ3v) is 6.42. The highest BCUT2D eigenvalue weighted by molar-refractivity contribution is 7.88. The molecule has 10 nitrogen and oxygen atoms in total. The highest BCUT2D eigenvalue weighted by Gasteiger charge is 2.36. The van der Waals surface area contributed by atoms with Crippen LogP contribution in [0.3, 0.4) is 0 Å². The molecule has 3 heterocycles. The molecule has 0 aliphatic carbocycles. The van der Waals surface area contributed by atoms with Gasteiger partial charge in [0.1, 0.15) is 11.4 Å². The van der Waals surface area contributed by atoms with Crippen LogP contribution in [0.15, 0.2) is 24.4 Å². The number of anilines is 4. The zero-order valence-corrected chi connectivity index (χ0v) is 18.3. The second-order valence-electron chi connectivity index (χ2n) is 7.67. The van der Waals surface area contributed by atoms with Crippen LogP contribution in [0.4, 0.5) is 36.3 Å². The molecule has 0 saturated carbocycles. The normalized spacial score (nSPS) is 19.2. The van der Waals surface area contributed by atoms with Crippen molar-refractivity contribution in [2.45, 2.75) is 18.7 Å². The molecule has 33 heavy (non-hydrogen) atoms. The van der Waals surface area contributed by atoms with Crippen molar-refractivity contribution in [3.63, 3.8) is 0 Å². The fourth-order valence-corrected chi connectivity index (χ4v) is 4.39. The van der Waals surface area contributed by atoms with E-state index in [-0.39, 0.29) is 44.5 Å². The lowest BCUT2D eigenvalue weighted by Gasteiger charge is -2.31. The number of aromatic nitrogens is 2. The monoisotopic (exact) mass is 486 g/mol. The highest BCUT2D eigenvalue weighted by Crippen LogP contribution is 2.34. The van der Waals surface area contributed by atoms with E-state index < -0.39 is 33.7 Å². The van der Waals surface area contributed by atoms with Crippen LogP contribution in [0.2, 0.25) is 0 Å². The van der Waals surface area contributed by atoms with Crippen molar-refractivity contribution in [1.82, 2.24) is 14.3 Å². The van der Waals surface area contributed by atoms with Crippen molar-refractivity contribution in [3.8, 4) is 0 Å². The number of nitrogens with one attached hydrogen (secondary N) is 3. The molecule has 0 unspecified atom stereocenters. The number of carbonyl (C=O) groups excluding carboxylic acids is 1. The summed E-state index contributed by atoms with van der Waals surface area (Å²) < 4.78 is 70.6. The topological polar surface area (TPSA) is 126 Å². The van der Waals surface area contributed by atoms with Gasteiger partial charge in [-0.3, -0.25) is 4.79 Å². The minimum atomic E-state index is -4.70. The number of alkyl halides is 3. The zero-order valence-electron chi connectivity index (χ0n) is 17.4. The number of morpholine rings is 1. The molecule has 2 aliphatic rings. The standard InChI is InChI=1S/C19H21F3N6O4S/c1-33(30,31)28-4-5-32-13(10-28)8-23-17-14(19(20,21)22)9-24-18(27-17)25-12-2-3-15-11(6-12)7-16(29)26-15/h2-3,6,9,13H,4-5,7-8,10H2,1H3,(H,26,29)(H2,23,24,25,27)/t13-/m1/s1. The number of halogens is 3. The molecule has 3 N–H and O–H groups in total. The summed E-state index contributed by atoms with van der Waals surface area (Å²) in [6.45, 7) is 0.258. The molecule has 1 fully saturated rings. The fraction of sp³-hybridized carbons (Fsp3) is 0.421. The number of sulfonamides is 1. The first-order valence-corrected chi connectivity index (χ1v) is 11.8. The number of hydrogen-bond acceptors (Lipinski definition) is 8. The number of amides is 1. The van der Waals surface area contributed by atoms with Crippen LogP contribution in [0.5, 0.6) is 0 Å². The summed E-state index contributed by atoms with van der Waals surface area (Å²) in [5, 5.41) is 8.16. The van der Waals surface area contributed by atoms with Gasteiger partial charge in [-0.2, -0.15) is 22.5 Å². The lowest BCUT2D eigenvalue weighted by atomic mass is 10.1. The van der Waals surface area contributed by atoms with Gasteiger partial charge in [0.2, 0.25) is 21.9 Å². The maximum absolute atomic E-state index is 13.5. The first-order chi connectivity index (χ1) is 15.5. The molecule has 0 spiro atoms. The van der Waals surface area contributed by atoms with E-state index >= 15 is 0 Å².